The van der Waals surface area contributed by atoms with Gasteiger partial charge in [0.25, 0.3) is 0 Å². The van der Waals surface area contributed by atoms with Gasteiger partial charge in [0.05, 0.1) is 26.9 Å². The van der Waals surface area contributed by atoms with E-state index in [4.69, 9.17) is 19.9 Å². The molecule has 1 aliphatic rings. The summed E-state index contributed by atoms with van der Waals surface area (Å²) in [5.74, 6) is 1.21. The average molecular weight is 477 g/mol. The van der Waals surface area contributed by atoms with Crippen LogP contribution in [0.3, 0.4) is 0 Å². The molecule has 0 fully saturated rings. The van der Waals surface area contributed by atoms with E-state index < -0.39 is 6.23 Å². The van der Waals surface area contributed by atoms with Crippen molar-refractivity contribution in [2.75, 3.05) is 53.5 Å². The first-order valence-electron chi connectivity index (χ1n) is 12.4. The number of nitrogens with two attached hydrogens (primary N) is 1. The lowest BCUT2D eigenvalue weighted by Crippen LogP contribution is -2.26. The van der Waals surface area contributed by atoms with Crippen molar-refractivity contribution in [1.82, 2.24) is 16.0 Å². The van der Waals surface area contributed by atoms with Gasteiger partial charge < -0.3 is 35.7 Å². The van der Waals surface area contributed by atoms with Crippen LogP contribution >= 0.6 is 0 Å². The molecule has 0 aromatic heterocycles. The van der Waals surface area contributed by atoms with Gasteiger partial charge >= 0.3 is 0 Å². The molecule has 6 N–H and O–H groups in total. The standard InChI is InChI=1S/C26H44N4O4/c1-32-24-19-21(18-22(25(24)33-2)20-34-23-10-4-3-5-11-23)26(31)30-17-9-16-29-14-7-6-13-28-15-8-12-27/h3-5,10,18-19,23,26,28-31H,6-9,11-17,20,27H2,1-2H3. The largest absolute Gasteiger partial charge is 0.493 e. The SMILES string of the molecule is COc1cc(C(O)NCCCNCCCCNCCCN)cc(COC2C=CC=CC2)c1OC. The minimum atomic E-state index is -0.796. The van der Waals surface area contributed by atoms with E-state index in [1.807, 2.05) is 30.4 Å². The summed E-state index contributed by atoms with van der Waals surface area (Å²) in [7, 11) is 3.22. The number of aliphatic hydroxyl groups is 1. The molecule has 0 aliphatic heterocycles. The van der Waals surface area contributed by atoms with Crippen molar-refractivity contribution in [3.63, 3.8) is 0 Å². The summed E-state index contributed by atoms with van der Waals surface area (Å²) < 4.78 is 17.1. The quantitative estimate of drug-likeness (QED) is 0.153. The Morgan fingerprint density at radius 2 is 1.71 bits per heavy atom. The van der Waals surface area contributed by atoms with Crippen LogP contribution in [0, 0.1) is 0 Å². The lowest BCUT2D eigenvalue weighted by molar-refractivity contribution is 0.0714. The first-order chi connectivity index (χ1) is 16.7. The van der Waals surface area contributed by atoms with Crippen molar-refractivity contribution in [2.45, 2.75) is 51.0 Å². The van der Waals surface area contributed by atoms with Gasteiger partial charge in [-0.2, -0.15) is 0 Å². The molecule has 8 nitrogen and oxygen atoms in total. The monoisotopic (exact) mass is 476 g/mol. The van der Waals surface area contributed by atoms with Gasteiger partial charge in [0, 0.05) is 5.56 Å². The van der Waals surface area contributed by atoms with Gasteiger partial charge in [0.2, 0.25) is 0 Å². The summed E-state index contributed by atoms with van der Waals surface area (Å²) in [5, 5.41) is 20.7. The van der Waals surface area contributed by atoms with Crippen LogP contribution in [0.5, 0.6) is 11.5 Å². The van der Waals surface area contributed by atoms with Crippen LogP contribution in [-0.4, -0.2) is 64.7 Å². The highest BCUT2D eigenvalue weighted by molar-refractivity contribution is 5.49. The summed E-state index contributed by atoms with van der Waals surface area (Å²) in [6.07, 6.45) is 12.5. The van der Waals surface area contributed by atoms with Gasteiger partial charge in [-0.3, -0.25) is 5.32 Å². The van der Waals surface area contributed by atoms with Crippen molar-refractivity contribution in [3.8, 4) is 11.5 Å². The van der Waals surface area contributed by atoms with Crippen molar-refractivity contribution in [3.05, 3.63) is 47.6 Å². The van der Waals surface area contributed by atoms with Gasteiger partial charge in [-0.05, 0) is 89.1 Å². The minimum Gasteiger partial charge on any atom is -0.493 e. The van der Waals surface area contributed by atoms with Crippen LogP contribution in [0.1, 0.15) is 49.5 Å². The zero-order valence-electron chi connectivity index (χ0n) is 20.9. The average Bonchev–Trinajstić information content (AvgIpc) is 2.87. The molecule has 34 heavy (non-hydrogen) atoms. The molecule has 0 spiro atoms. The number of aliphatic hydroxyl groups excluding tert-OH is 1. The van der Waals surface area contributed by atoms with Gasteiger partial charge in [0.1, 0.15) is 6.23 Å². The van der Waals surface area contributed by atoms with E-state index in [2.05, 4.69) is 22.0 Å². The highest BCUT2D eigenvalue weighted by Crippen LogP contribution is 2.35. The lowest BCUT2D eigenvalue weighted by atomic mass is 10.1. The third-order valence-corrected chi connectivity index (χ3v) is 5.67. The van der Waals surface area contributed by atoms with E-state index in [0.717, 1.165) is 76.0 Å². The van der Waals surface area contributed by atoms with Crippen molar-refractivity contribution >= 4 is 0 Å². The molecular weight excluding hydrogens is 432 g/mol. The summed E-state index contributed by atoms with van der Waals surface area (Å²) >= 11 is 0. The Bertz CT molecular complexity index is 742. The molecular formula is C26H44N4O4. The van der Waals surface area contributed by atoms with Crippen LogP contribution in [0.2, 0.25) is 0 Å². The zero-order valence-corrected chi connectivity index (χ0v) is 20.9. The second kappa shape index (κ2) is 17.5. The van der Waals surface area contributed by atoms with Crippen LogP contribution in [0.15, 0.2) is 36.4 Å². The number of unbranched alkanes of at least 4 members (excludes halogenated alkanes) is 1. The molecule has 0 amide bonds. The Labute approximate surface area is 204 Å². The maximum Gasteiger partial charge on any atom is 0.166 e. The van der Waals surface area contributed by atoms with Crippen LogP contribution in [-0.2, 0) is 11.3 Å². The number of hydrogen-bond donors (Lipinski definition) is 5. The molecule has 0 radical (unpaired) electrons. The molecule has 2 unspecified atom stereocenters. The summed E-state index contributed by atoms with van der Waals surface area (Å²) in [6, 6.07) is 3.73. The number of allylic oxidation sites excluding steroid dienone is 2. The Balaban J connectivity index is 1.73. The second-order valence-corrected chi connectivity index (χ2v) is 8.37. The zero-order chi connectivity index (χ0) is 24.4. The fraction of sp³-hybridized carbons (Fsp3) is 0.615. The van der Waals surface area contributed by atoms with Gasteiger partial charge in [-0.1, -0.05) is 24.3 Å². The molecule has 0 saturated heterocycles. The molecule has 2 atom stereocenters. The van der Waals surface area contributed by atoms with E-state index in [1.165, 1.54) is 0 Å². The first kappa shape index (κ1) is 28.3. The number of rotatable bonds is 19. The van der Waals surface area contributed by atoms with E-state index in [1.54, 1.807) is 14.2 Å². The normalized spacial score (nSPS) is 16.1. The Morgan fingerprint density at radius 1 is 0.971 bits per heavy atom. The van der Waals surface area contributed by atoms with Crippen molar-refractivity contribution < 1.29 is 19.3 Å². The molecule has 8 heteroatoms. The third-order valence-electron chi connectivity index (χ3n) is 5.67. The molecule has 0 heterocycles. The van der Waals surface area contributed by atoms with Crippen LogP contribution in [0.25, 0.3) is 0 Å². The summed E-state index contributed by atoms with van der Waals surface area (Å²) in [6.45, 7) is 5.78. The Morgan fingerprint density at radius 3 is 2.35 bits per heavy atom. The predicted octanol–water partition coefficient (Wildman–Crippen LogP) is 2.38. The van der Waals surface area contributed by atoms with Crippen molar-refractivity contribution in [1.29, 1.82) is 0 Å². The summed E-state index contributed by atoms with van der Waals surface area (Å²) in [5.41, 5.74) is 7.05. The minimum absolute atomic E-state index is 0.0346. The summed E-state index contributed by atoms with van der Waals surface area (Å²) in [4.78, 5) is 0. The Kier molecular flexibility index (Phi) is 14.6. The van der Waals surface area contributed by atoms with Crippen LogP contribution in [0.4, 0.5) is 0 Å². The molecule has 1 aromatic rings. The van der Waals surface area contributed by atoms with Gasteiger partial charge in [-0.15, -0.1) is 0 Å². The lowest BCUT2D eigenvalue weighted by Gasteiger charge is -2.20. The van der Waals surface area contributed by atoms with Gasteiger partial charge in [0.15, 0.2) is 11.5 Å². The molecule has 1 aromatic carbocycles. The van der Waals surface area contributed by atoms with E-state index in [0.29, 0.717) is 24.7 Å². The number of nitrogens with one attached hydrogen (secondary N) is 3. The molecule has 2 rings (SSSR count). The number of methoxy groups -OCH3 is 2. The fourth-order valence-corrected chi connectivity index (χ4v) is 3.76. The predicted molar refractivity (Wildman–Crippen MR) is 137 cm³/mol. The molecule has 0 saturated carbocycles. The second-order valence-electron chi connectivity index (χ2n) is 8.37. The highest BCUT2D eigenvalue weighted by atomic mass is 16.5. The smallest absolute Gasteiger partial charge is 0.166 e. The highest BCUT2D eigenvalue weighted by Gasteiger charge is 2.18. The number of benzene rings is 1. The topological polar surface area (TPSA) is 110 Å². The van der Waals surface area contributed by atoms with Crippen molar-refractivity contribution in [2.24, 2.45) is 5.73 Å². The Hall–Kier alpha value is -1.94. The molecule has 192 valence electrons. The van der Waals surface area contributed by atoms with E-state index in [9.17, 15) is 5.11 Å². The number of hydrogen-bond acceptors (Lipinski definition) is 8. The van der Waals surface area contributed by atoms with Crippen LogP contribution < -0.4 is 31.2 Å². The first-order valence-corrected chi connectivity index (χ1v) is 12.4. The third kappa shape index (κ3) is 10.5. The maximum absolute atomic E-state index is 10.7. The maximum atomic E-state index is 10.7. The van der Waals surface area contributed by atoms with E-state index in [-0.39, 0.29) is 6.10 Å². The van der Waals surface area contributed by atoms with Gasteiger partial charge in [-0.25, -0.2) is 0 Å². The molecule has 0 bridgehead atoms. The van der Waals surface area contributed by atoms with E-state index >= 15 is 0 Å². The molecule has 1 aliphatic carbocycles. The fourth-order valence-electron chi connectivity index (χ4n) is 3.76. The number of ether oxygens (including phenoxy) is 3.